The van der Waals surface area contributed by atoms with Gasteiger partial charge in [-0.3, -0.25) is 25.2 Å². The summed E-state index contributed by atoms with van der Waals surface area (Å²) in [6.45, 7) is 3.68. The molecule has 8 nitrogen and oxygen atoms in total. The zero-order chi connectivity index (χ0) is 24.2. The number of benzene rings is 2. The van der Waals surface area contributed by atoms with E-state index < -0.39 is 11.8 Å². The molecular formula is C25H23BrN4O4. The SMILES string of the molecule is Cc1cccc(C(=O)N/N=C2\CCCc3oc(C(=O)NNC(=O)c4ccc(Br)cc4)c(C)c32)c1. The molecule has 3 amide bonds. The smallest absolute Gasteiger partial charge is 0.305 e. The highest BCUT2D eigenvalue weighted by Gasteiger charge is 2.28. The summed E-state index contributed by atoms with van der Waals surface area (Å²) in [5, 5.41) is 4.34. The van der Waals surface area contributed by atoms with Gasteiger partial charge in [-0.15, -0.1) is 0 Å². The summed E-state index contributed by atoms with van der Waals surface area (Å²) in [5.41, 5.74) is 11.3. The highest BCUT2D eigenvalue weighted by Crippen LogP contribution is 2.29. The lowest BCUT2D eigenvalue weighted by Crippen LogP contribution is -2.41. The van der Waals surface area contributed by atoms with E-state index in [-0.39, 0.29) is 11.7 Å². The standard InChI is InChI=1S/C25H23BrN4O4/c1-14-5-3-6-17(13-14)24(32)28-27-19-7-4-8-20-21(19)15(2)22(34-20)25(33)30-29-23(31)16-9-11-18(26)12-10-16/h3,5-6,9-13H,4,7-8H2,1-2H3,(H,28,32)(H,29,31)(H,30,33)/b27-19+. The summed E-state index contributed by atoms with van der Waals surface area (Å²) < 4.78 is 6.67. The summed E-state index contributed by atoms with van der Waals surface area (Å²) in [6, 6.07) is 14.0. The molecule has 0 fully saturated rings. The number of carbonyl (C=O) groups is 3. The number of hydrogen-bond donors (Lipinski definition) is 3. The summed E-state index contributed by atoms with van der Waals surface area (Å²) in [7, 11) is 0. The molecule has 1 aliphatic rings. The fourth-order valence-corrected chi connectivity index (χ4v) is 4.07. The quantitative estimate of drug-likeness (QED) is 0.445. The van der Waals surface area contributed by atoms with E-state index in [9.17, 15) is 14.4 Å². The normalized spacial score (nSPS) is 13.8. The van der Waals surface area contributed by atoms with E-state index in [0.29, 0.717) is 41.0 Å². The Morgan fingerprint density at radius 3 is 2.38 bits per heavy atom. The van der Waals surface area contributed by atoms with Gasteiger partial charge in [0.25, 0.3) is 11.8 Å². The lowest BCUT2D eigenvalue weighted by Gasteiger charge is -2.13. The number of hydrazone groups is 1. The van der Waals surface area contributed by atoms with Crippen LogP contribution in [0.1, 0.15) is 66.6 Å². The summed E-state index contributed by atoms with van der Waals surface area (Å²) in [6.07, 6.45) is 2.07. The number of carbonyl (C=O) groups excluding carboxylic acids is 3. The molecule has 1 aromatic heterocycles. The molecule has 0 aliphatic heterocycles. The van der Waals surface area contributed by atoms with Crippen LogP contribution in [0.5, 0.6) is 0 Å². The average Bonchev–Trinajstić information content (AvgIpc) is 3.18. The topological polar surface area (TPSA) is 113 Å². The minimum absolute atomic E-state index is 0.0979. The van der Waals surface area contributed by atoms with E-state index in [2.05, 4.69) is 37.3 Å². The number of hydrogen-bond acceptors (Lipinski definition) is 5. The van der Waals surface area contributed by atoms with Crippen molar-refractivity contribution in [2.75, 3.05) is 0 Å². The van der Waals surface area contributed by atoms with Crippen LogP contribution in [0.3, 0.4) is 0 Å². The zero-order valence-corrected chi connectivity index (χ0v) is 20.3. The first kappa shape index (κ1) is 23.4. The van der Waals surface area contributed by atoms with Gasteiger partial charge in [-0.2, -0.15) is 5.10 Å². The molecule has 0 saturated heterocycles. The minimum Gasteiger partial charge on any atom is -0.455 e. The Labute approximate surface area is 204 Å². The Kier molecular flexibility index (Phi) is 6.93. The molecule has 1 aliphatic carbocycles. The number of fused-ring (bicyclic) bond motifs is 1. The molecular weight excluding hydrogens is 500 g/mol. The Morgan fingerprint density at radius 2 is 1.65 bits per heavy atom. The van der Waals surface area contributed by atoms with Crippen molar-refractivity contribution in [2.45, 2.75) is 33.1 Å². The predicted octanol–water partition coefficient (Wildman–Crippen LogP) is 4.20. The lowest BCUT2D eigenvalue weighted by atomic mass is 9.93. The maximum atomic E-state index is 12.7. The molecule has 0 bridgehead atoms. The van der Waals surface area contributed by atoms with E-state index in [4.69, 9.17) is 4.42 Å². The minimum atomic E-state index is -0.569. The van der Waals surface area contributed by atoms with Crippen LogP contribution in [0, 0.1) is 13.8 Å². The molecule has 1 heterocycles. The number of aryl methyl sites for hydroxylation is 2. The second-order valence-electron chi connectivity index (χ2n) is 7.99. The van der Waals surface area contributed by atoms with Gasteiger partial charge in [0, 0.05) is 33.1 Å². The average molecular weight is 523 g/mol. The van der Waals surface area contributed by atoms with Crippen LogP contribution in [0.4, 0.5) is 0 Å². The van der Waals surface area contributed by atoms with Crippen molar-refractivity contribution >= 4 is 39.4 Å². The maximum absolute atomic E-state index is 12.7. The van der Waals surface area contributed by atoms with Gasteiger partial charge in [0.1, 0.15) is 5.76 Å². The summed E-state index contributed by atoms with van der Waals surface area (Å²) in [4.78, 5) is 37.5. The zero-order valence-electron chi connectivity index (χ0n) is 18.7. The van der Waals surface area contributed by atoms with E-state index in [0.717, 1.165) is 22.0 Å². The monoisotopic (exact) mass is 522 g/mol. The first-order valence-electron chi connectivity index (χ1n) is 10.8. The number of amides is 3. The largest absolute Gasteiger partial charge is 0.455 e. The van der Waals surface area contributed by atoms with E-state index in [1.807, 2.05) is 19.1 Å². The Hall–Kier alpha value is -3.72. The van der Waals surface area contributed by atoms with Crippen LogP contribution in [-0.2, 0) is 6.42 Å². The number of rotatable bonds is 4. The van der Waals surface area contributed by atoms with Crippen molar-refractivity contribution in [3.63, 3.8) is 0 Å². The van der Waals surface area contributed by atoms with Gasteiger partial charge in [-0.05, 0) is 63.1 Å². The molecule has 2 aromatic carbocycles. The Bertz CT molecular complexity index is 1290. The highest BCUT2D eigenvalue weighted by molar-refractivity contribution is 9.10. The van der Waals surface area contributed by atoms with Crippen LogP contribution in [0.25, 0.3) is 0 Å². The molecule has 0 unspecified atom stereocenters. The maximum Gasteiger partial charge on any atom is 0.305 e. The van der Waals surface area contributed by atoms with Crippen molar-refractivity contribution in [1.29, 1.82) is 0 Å². The lowest BCUT2D eigenvalue weighted by molar-refractivity contribution is 0.0829. The molecule has 0 spiro atoms. The van der Waals surface area contributed by atoms with Gasteiger partial charge in [0.2, 0.25) is 0 Å². The van der Waals surface area contributed by atoms with Crippen LogP contribution in [0.15, 0.2) is 62.5 Å². The fourth-order valence-electron chi connectivity index (χ4n) is 3.81. The molecule has 0 atom stereocenters. The first-order valence-corrected chi connectivity index (χ1v) is 11.5. The van der Waals surface area contributed by atoms with Gasteiger partial charge in [-0.25, -0.2) is 5.43 Å². The van der Waals surface area contributed by atoms with Crippen LogP contribution in [-0.4, -0.2) is 23.4 Å². The van der Waals surface area contributed by atoms with E-state index in [1.165, 1.54) is 0 Å². The van der Waals surface area contributed by atoms with Crippen molar-refractivity contribution < 1.29 is 18.8 Å². The number of nitrogens with one attached hydrogen (secondary N) is 3. The third-order valence-electron chi connectivity index (χ3n) is 5.50. The summed E-state index contributed by atoms with van der Waals surface area (Å²) in [5.74, 6) is -0.591. The molecule has 3 N–H and O–H groups in total. The van der Waals surface area contributed by atoms with Crippen LogP contribution >= 0.6 is 15.9 Å². The van der Waals surface area contributed by atoms with E-state index in [1.54, 1.807) is 43.3 Å². The first-order chi connectivity index (χ1) is 16.3. The van der Waals surface area contributed by atoms with Gasteiger partial charge in [-0.1, -0.05) is 33.6 Å². The molecule has 34 heavy (non-hydrogen) atoms. The van der Waals surface area contributed by atoms with Crippen molar-refractivity contribution in [3.05, 3.63) is 92.3 Å². The third kappa shape index (κ3) is 5.09. The Balaban J connectivity index is 1.48. The van der Waals surface area contributed by atoms with E-state index >= 15 is 0 Å². The fraction of sp³-hybridized carbons (Fsp3) is 0.200. The molecule has 0 radical (unpaired) electrons. The van der Waals surface area contributed by atoms with Crippen LogP contribution in [0.2, 0.25) is 0 Å². The van der Waals surface area contributed by atoms with Crippen LogP contribution < -0.4 is 16.3 Å². The number of nitrogens with zero attached hydrogens (tertiary/aromatic N) is 1. The second-order valence-corrected chi connectivity index (χ2v) is 8.91. The third-order valence-corrected chi connectivity index (χ3v) is 6.03. The highest BCUT2D eigenvalue weighted by atomic mass is 79.9. The summed E-state index contributed by atoms with van der Waals surface area (Å²) >= 11 is 3.31. The molecule has 9 heteroatoms. The number of hydrazine groups is 1. The van der Waals surface area contributed by atoms with Crippen molar-refractivity contribution in [3.8, 4) is 0 Å². The second kappa shape index (κ2) is 10.0. The van der Waals surface area contributed by atoms with Crippen molar-refractivity contribution in [1.82, 2.24) is 16.3 Å². The number of halogens is 1. The molecule has 0 saturated carbocycles. The Morgan fingerprint density at radius 1 is 0.912 bits per heavy atom. The molecule has 4 rings (SSSR count). The van der Waals surface area contributed by atoms with Gasteiger partial charge in [0.15, 0.2) is 5.76 Å². The molecule has 174 valence electrons. The predicted molar refractivity (Wildman–Crippen MR) is 131 cm³/mol. The van der Waals surface area contributed by atoms with Gasteiger partial charge in [0.05, 0.1) is 5.71 Å². The molecule has 3 aromatic rings. The number of furan rings is 1. The van der Waals surface area contributed by atoms with Gasteiger partial charge >= 0.3 is 5.91 Å². The van der Waals surface area contributed by atoms with Crippen molar-refractivity contribution in [2.24, 2.45) is 5.10 Å². The van der Waals surface area contributed by atoms with Gasteiger partial charge < -0.3 is 4.42 Å².